The minimum atomic E-state index is 0.579. The molecule has 0 amide bonds. The van der Waals surface area contributed by atoms with Crippen LogP contribution in [0.25, 0.3) is 11.1 Å². The molecular formula is C16H16N4O2. The second-order valence-corrected chi connectivity index (χ2v) is 4.73. The van der Waals surface area contributed by atoms with Crippen LogP contribution in [0.15, 0.2) is 49.2 Å². The maximum atomic E-state index is 5.38. The van der Waals surface area contributed by atoms with Gasteiger partial charge in [-0.2, -0.15) is 5.10 Å². The highest BCUT2D eigenvalue weighted by atomic mass is 16.5. The van der Waals surface area contributed by atoms with E-state index in [0.29, 0.717) is 12.4 Å². The normalized spacial score (nSPS) is 10.5. The number of ether oxygens (including phenoxy) is 2. The largest absolute Gasteiger partial charge is 0.497 e. The van der Waals surface area contributed by atoms with Crippen molar-refractivity contribution < 1.29 is 9.47 Å². The first kappa shape index (κ1) is 14.1. The van der Waals surface area contributed by atoms with E-state index in [1.165, 1.54) is 6.33 Å². The third kappa shape index (κ3) is 2.90. The highest BCUT2D eigenvalue weighted by molar-refractivity contribution is 5.70. The molecular weight excluding hydrogens is 280 g/mol. The van der Waals surface area contributed by atoms with Crippen molar-refractivity contribution in [1.82, 2.24) is 19.7 Å². The number of benzene rings is 1. The smallest absolute Gasteiger partial charge is 0.221 e. The van der Waals surface area contributed by atoms with Gasteiger partial charge in [0.2, 0.25) is 5.88 Å². The Morgan fingerprint density at radius 3 is 2.77 bits per heavy atom. The number of aromatic nitrogens is 4. The van der Waals surface area contributed by atoms with Crippen LogP contribution in [-0.2, 0) is 6.54 Å². The molecule has 0 unspecified atom stereocenters. The van der Waals surface area contributed by atoms with Gasteiger partial charge in [0.1, 0.15) is 18.4 Å². The van der Waals surface area contributed by atoms with Crippen molar-refractivity contribution in [2.45, 2.75) is 6.54 Å². The van der Waals surface area contributed by atoms with Crippen LogP contribution in [0.3, 0.4) is 0 Å². The lowest BCUT2D eigenvalue weighted by Gasteiger charge is -2.11. The van der Waals surface area contributed by atoms with Crippen molar-refractivity contribution in [2.24, 2.45) is 0 Å². The molecule has 0 spiro atoms. The van der Waals surface area contributed by atoms with Gasteiger partial charge in [0.15, 0.2) is 0 Å². The summed E-state index contributed by atoms with van der Waals surface area (Å²) in [6.07, 6.45) is 4.97. The van der Waals surface area contributed by atoms with Gasteiger partial charge in [-0.3, -0.25) is 0 Å². The molecule has 0 N–H and O–H groups in total. The third-order valence-electron chi connectivity index (χ3n) is 3.29. The summed E-state index contributed by atoms with van der Waals surface area (Å²) in [5.41, 5.74) is 2.92. The van der Waals surface area contributed by atoms with Gasteiger partial charge >= 0.3 is 0 Å². The quantitative estimate of drug-likeness (QED) is 0.723. The van der Waals surface area contributed by atoms with Crippen LogP contribution < -0.4 is 9.47 Å². The first-order valence-corrected chi connectivity index (χ1v) is 6.80. The molecule has 112 valence electrons. The molecule has 3 aromatic rings. The van der Waals surface area contributed by atoms with Gasteiger partial charge in [-0.1, -0.05) is 12.1 Å². The minimum Gasteiger partial charge on any atom is -0.497 e. The van der Waals surface area contributed by atoms with Crippen LogP contribution in [0.5, 0.6) is 11.6 Å². The maximum absolute atomic E-state index is 5.38. The van der Waals surface area contributed by atoms with E-state index < -0.39 is 0 Å². The van der Waals surface area contributed by atoms with Crippen molar-refractivity contribution in [3.63, 3.8) is 0 Å². The van der Waals surface area contributed by atoms with E-state index in [9.17, 15) is 0 Å². The fourth-order valence-corrected chi connectivity index (χ4v) is 2.24. The van der Waals surface area contributed by atoms with Crippen LogP contribution in [0, 0.1) is 0 Å². The van der Waals surface area contributed by atoms with Gasteiger partial charge in [0, 0.05) is 11.8 Å². The van der Waals surface area contributed by atoms with Gasteiger partial charge in [-0.25, -0.2) is 14.6 Å². The van der Waals surface area contributed by atoms with Crippen LogP contribution in [0.2, 0.25) is 0 Å². The molecule has 0 bridgehead atoms. The molecule has 22 heavy (non-hydrogen) atoms. The number of pyridine rings is 1. The number of methoxy groups -OCH3 is 2. The molecule has 2 heterocycles. The summed E-state index contributed by atoms with van der Waals surface area (Å²) in [4.78, 5) is 8.33. The summed E-state index contributed by atoms with van der Waals surface area (Å²) < 4.78 is 12.4. The Labute approximate surface area is 128 Å². The minimum absolute atomic E-state index is 0.579. The highest BCUT2D eigenvalue weighted by Gasteiger charge is 2.10. The topological polar surface area (TPSA) is 62.1 Å². The van der Waals surface area contributed by atoms with Crippen molar-refractivity contribution in [3.05, 3.63) is 54.7 Å². The number of rotatable bonds is 5. The second kappa shape index (κ2) is 6.26. The molecule has 2 aromatic heterocycles. The lowest BCUT2D eigenvalue weighted by molar-refractivity contribution is 0.399. The summed E-state index contributed by atoms with van der Waals surface area (Å²) in [7, 11) is 3.26. The lowest BCUT2D eigenvalue weighted by Crippen LogP contribution is -2.02. The molecule has 1 aromatic carbocycles. The van der Waals surface area contributed by atoms with Crippen molar-refractivity contribution in [2.75, 3.05) is 14.2 Å². The Balaban J connectivity index is 2.00. The van der Waals surface area contributed by atoms with E-state index >= 15 is 0 Å². The number of nitrogens with zero attached hydrogens (tertiary/aromatic N) is 4. The molecule has 3 rings (SSSR count). The molecule has 0 aliphatic heterocycles. The SMILES string of the molecule is COc1cccc(-c2cc(Cn3cncn3)cnc2OC)c1. The summed E-state index contributed by atoms with van der Waals surface area (Å²) in [5, 5.41) is 4.11. The number of hydrogen-bond acceptors (Lipinski definition) is 5. The van der Waals surface area contributed by atoms with E-state index in [2.05, 4.69) is 15.1 Å². The molecule has 0 saturated heterocycles. The first-order valence-electron chi connectivity index (χ1n) is 6.80. The Bertz CT molecular complexity index is 757. The maximum Gasteiger partial charge on any atom is 0.221 e. The molecule has 0 aliphatic carbocycles. The Morgan fingerprint density at radius 1 is 1.14 bits per heavy atom. The molecule has 0 aliphatic rings. The average Bonchev–Trinajstić information content (AvgIpc) is 3.08. The summed E-state index contributed by atoms with van der Waals surface area (Å²) >= 11 is 0. The predicted molar refractivity (Wildman–Crippen MR) is 81.9 cm³/mol. The second-order valence-electron chi connectivity index (χ2n) is 4.73. The molecule has 0 radical (unpaired) electrons. The Morgan fingerprint density at radius 2 is 2.05 bits per heavy atom. The zero-order valence-corrected chi connectivity index (χ0v) is 12.4. The summed E-state index contributed by atoms with van der Waals surface area (Å²) in [6.45, 7) is 0.605. The van der Waals surface area contributed by atoms with E-state index in [1.807, 2.05) is 30.3 Å². The van der Waals surface area contributed by atoms with Gasteiger partial charge in [-0.15, -0.1) is 0 Å². The first-order chi connectivity index (χ1) is 10.8. The van der Waals surface area contributed by atoms with Gasteiger partial charge in [0.05, 0.1) is 20.8 Å². The van der Waals surface area contributed by atoms with Crippen LogP contribution >= 0.6 is 0 Å². The molecule has 6 nitrogen and oxygen atoms in total. The van der Waals surface area contributed by atoms with E-state index in [4.69, 9.17) is 9.47 Å². The molecule has 0 fully saturated rings. The zero-order valence-electron chi connectivity index (χ0n) is 12.4. The third-order valence-corrected chi connectivity index (χ3v) is 3.29. The van der Waals surface area contributed by atoms with Crippen LogP contribution in [0.4, 0.5) is 0 Å². The predicted octanol–water partition coefficient (Wildman–Crippen LogP) is 2.41. The van der Waals surface area contributed by atoms with E-state index in [1.54, 1.807) is 31.4 Å². The van der Waals surface area contributed by atoms with Crippen LogP contribution in [0.1, 0.15) is 5.56 Å². The molecule has 0 saturated carbocycles. The molecule has 6 heteroatoms. The van der Waals surface area contributed by atoms with E-state index in [0.717, 1.165) is 22.4 Å². The number of hydrogen-bond donors (Lipinski definition) is 0. The highest BCUT2D eigenvalue weighted by Crippen LogP contribution is 2.31. The molecule has 0 atom stereocenters. The van der Waals surface area contributed by atoms with Crippen molar-refractivity contribution >= 4 is 0 Å². The van der Waals surface area contributed by atoms with Crippen LogP contribution in [-0.4, -0.2) is 34.0 Å². The zero-order chi connectivity index (χ0) is 15.4. The average molecular weight is 296 g/mol. The van der Waals surface area contributed by atoms with Crippen molar-refractivity contribution in [1.29, 1.82) is 0 Å². The lowest BCUT2D eigenvalue weighted by atomic mass is 10.0. The standard InChI is InChI=1S/C16H16N4O2/c1-21-14-5-3-4-13(7-14)15-6-12(8-18-16(15)22-2)9-20-11-17-10-19-20/h3-8,10-11H,9H2,1-2H3. The van der Waals surface area contributed by atoms with Crippen molar-refractivity contribution in [3.8, 4) is 22.8 Å². The monoisotopic (exact) mass is 296 g/mol. The van der Waals surface area contributed by atoms with E-state index in [-0.39, 0.29) is 0 Å². The van der Waals surface area contributed by atoms with Gasteiger partial charge < -0.3 is 9.47 Å². The Kier molecular flexibility index (Phi) is 4.00. The fourth-order valence-electron chi connectivity index (χ4n) is 2.24. The van der Waals surface area contributed by atoms with Gasteiger partial charge in [-0.05, 0) is 29.3 Å². The summed E-state index contributed by atoms with van der Waals surface area (Å²) in [5.74, 6) is 1.37. The fraction of sp³-hybridized carbons (Fsp3) is 0.188. The Hall–Kier alpha value is -2.89. The van der Waals surface area contributed by atoms with Gasteiger partial charge in [0.25, 0.3) is 0 Å². The summed E-state index contributed by atoms with van der Waals surface area (Å²) in [6, 6.07) is 9.85.